The number of benzene rings is 3. The Labute approximate surface area is 160 Å². The van der Waals surface area contributed by atoms with Gasteiger partial charge in [0.25, 0.3) is 11.6 Å². The molecule has 0 unspecified atom stereocenters. The maximum atomic E-state index is 12.6. The Kier molecular flexibility index (Phi) is 5.45. The van der Waals surface area contributed by atoms with E-state index >= 15 is 0 Å². The van der Waals surface area contributed by atoms with Gasteiger partial charge in [-0.3, -0.25) is 14.9 Å². The van der Waals surface area contributed by atoms with Crippen molar-refractivity contribution in [2.75, 3.05) is 5.32 Å². The number of para-hydroxylation sites is 2. The topological polar surface area (TPSA) is 98.5 Å². The fourth-order valence-corrected chi connectivity index (χ4v) is 2.60. The third kappa shape index (κ3) is 4.21. The van der Waals surface area contributed by atoms with Crippen LogP contribution in [0.2, 0.25) is 0 Å². The van der Waals surface area contributed by atoms with Crippen LogP contribution in [0.25, 0.3) is 0 Å². The minimum Gasteiger partial charge on any atom is -0.421 e. The molecule has 3 aromatic rings. The molecule has 0 atom stereocenters. The number of non-ortho nitro benzene ring substituents is 1. The molecular weight excluding hydrogens is 360 g/mol. The molecular formula is C21H16N2O5. The molecule has 0 saturated carbocycles. The van der Waals surface area contributed by atoms with Gasteiger partial charge in [0, 0.05) is 17.7 Å². The summed E-state index contributed by atoms with van der Waals surface area (Å²) < 4.78 is 5.41. The smallest absolute Gasteiger partial charge is 0.343 e. The fraction of sp³-hybridized carbons (Fsp3) is 0.0476. The molecule has 1 N–H and O–H groups in total. The van der Waals surface area contributed by atoms with Gasteiger partial charge < -0.3 is 10.1 Å². The highest BCUT2D eigenvalue weighted by Gasteiger charge is 2.16. The lowest BCUT2D eigenvalue weighted by Crippen LogP contribution is -2.16. The number of hydrogen-bond donors (Lipinski definition) is 1. The Balaban J connectivity index is 1.81. The first kappa shape index (κ1) is 18.8. The number of ether oxygens (including phenoxy) is 1. The zero-order valence-electron chi connectivity index (χ0n) is 14.9. The van der Waals surface area contributed by atoms with Crippen molar-refractivity contribution in [1.82, 2.24) is 0 Å². The first-order valence-corrected chi connectivity index (χ1v) is 8.38. The average Bonchev–Trinajstić information content (AvgIpc) is 2.69. The van der Waals surface area contributed by atoms with Crippen molar-refractivity contribution < 1.29 is 19.2 Å². The van der Waals surface area contributed by atoms with Gasteiger partial charge in [-0.05, 0) is 42.8 Å². The fourth-order valence-electron chi connectivity index (χ4n) is 2.60. The van der Waals surface area contributed by atoms with E-state index in [1.165, 1.54) is 18.2 Å². The molecule has 3 aromatic carbocycles. The van der Waals surface area contributed by atoms with E-state index in [9.17, 15) is 19.7 Å². The molecule has 0 radical (unpaired) electrons. The molecule has 28 heavy (non-hydrogen) atoms. The summed E-state index contributed by atoms with van der Waals surface area (Å²) in [6.07, 6.45) is 0. The number of aryl methyl sites for hydroxylation is 1. The van der Waals surface area contributed by atoms with Gasteiger partial charge in [0.2, 0.25) is 0 Å². The molecule has 0 fully saturated rings. The van der Waals surface area contributed by atoms with E-state index in [4.69, 9.17) is 4.74 Å². The molecule has 0 aliphatic carbocycles. The number of hydrogen-bond acceptors (Lipinski definition) is 5. The number of anilines is 1. The average molecular weight is 376 g/mol. The third-order valence-electron chi connectivity index (χ3n) is 4.01. The molecule has 3 rings (SSSR count). The quantitative estimate of drug-likeness (QED) is 0.308. The van der Waals surface area contributed by atoms with E-state index in [2.05, 4.69) is 5.32 Å². The van der Waals surface area contributed by atoms with Crippen molar-refractivity contribution in [3.8, 4) is 5.75 Å². The van der Waals surface area contributed by atoms with Crippen molar-refractivity contribution in [2.45, 2.75) is 6.92 Å². The minimum atomic E-state index is -0.547. The zero-order chi connectivity index (χ0) is 20.1. The third-order valence-corrected chi connectivity index (χ3v) is 4.01. The van der Waals surface area contributed by atoms with Gasteiger partial charge in [0.15, 0.2) is 5.75 Å². The van der Waals surface area contributed by atoms with E-state index in [1.807, 2.05) is 0 Å². The van der Waals surface area contributed by atoms with Crippen molar-refractivity contribution in [3.63, 3.8) is 0 Å². The molecule has 0 aliphatic rings. The second-order valence-electron chi connectivity index (χ2n) is 5.96. The predicted molar refractivity (Wildman–Crippen MR) is 104 cm³/mol. The van der Waals surface area contributed by atoms with Gasteiger partial charge in [-0.1, -0.05) is 30.3 Å². The van der Waals surface area contributed by atoms with Crippen molar-refractivity contribution in [1.29, 1.82) is 0 Å². The lowest BCUT2D eigenvalue weighted by Gasteiger charge is -2.12. The van der Waals surface area contributed by atoms with Crippen LogP contribution in [0.5, 0.6) is 5.75 Å². The lowest BCUT2D eigenvalue weighted by molar-refractivity contribution is -0.384. The summed E-state index contributed by atoms with van der Waals surface area (Å²) in [5, 5.41) is 13.5. The van der Waals surface area contributed by atoms with Crippen LogP contribution in [-0.4, -0.2) is 16.8 Å². The largest absolute Gasteiger partial charge is 0.421 e. The normalized spacial score (nSPS) is 10.2. The van der Waals surface area contributed by atoms with Crippen LogP contribution in [0.4, 0.5) is 11.4 Å². The van der Waals surface area contributed by atoms with Gasteiger partial charge in [-0.25, -0.2) is 4.79 Å². The number of nitro groups is 1. The number of nitrogens with zero attached hydrogens (tertiary/aromatic N) is 1. The molecule has 0 aliphatic heterocycles. The van der Waals surface area contributed by atoms with Gasteiger partial charge in [0.05, 0.1) is 16.2 Å². The second-order valence-corrected chi connectivity index (χ2v) is 5.96. The highest BCUT2D eigenvalue weighted by molar-refractivity contribution is 6.06. The van der Waals surface area contributed by atoms with Crippen LogP contribution in [0, 0.1) is 17.0 Å². The Morgan fingerprint density at radius 1 is 0.964 bits per heavy atom. The highest BCUT2D eigenvalue weighted by atomic mass is 16.6. The summed E-state index contributed by atoms with van der Waals surface area (Å²) in [6, 6.07) is 19.0. The number of carbonyl (C=O) groups excluding carboxylic acids is 2. The highest BCUT2D eigenvalue weighted by Crippen LogP contribution is 2.26. The van der Waals surface area contributed by atoms with E-state index in [0.717, 1.165) is 0 Å². The molecule has 1 amide bonds. The van der Waals surface area contributed by atoms with Gasteiger partial charge >= 0.3 is 5.97 Å². The van der Waals surface area contributed by atoms with Crippen LogP contribution in [-0.2, 0) is 0 Å². The molecule has 0 saturated heterocycles. The summed E-state index contributed by atoms with van der Waals surface area (Å²) >= 11 is 0. The van der Waals surface area contributed by atoms with Crippen LogP contribution < -0.4 is 10.1 Å². The minimum absolute atomic E-state index is 0.0914. The number of nitro benzene ring substituents is 1. The van der Waals surface area contributed by atoms with Gasteiger partial charge in [-0.15, -0.1) is 0 Å². The SMILES string of the molecule is Cc1cc([N+](=O)[O-])ccc1C(=O)Nc1ccccc1OC(=O)c1ccccc1. The summed E-state index contributed by atoms with van der Waals surface area (Å²) in [5.41, 5.74) is 1.36. The number of esters is 1. The summed E-state index contributed by atoms with van der Waals surface area (Å²) in [4.78, 5) is 35.2. The van der Waals surface area contributed by atoms with E-state index in [-0.39, 0.29) is 17.0 Å². The number of rotatable bonds is 5. The molecule has 0 spiro atoms. The zero-order valence-corrected chi connectivity index (χ0v) is 14.9. The summed E-state index contributed by atoms with van der Waals surface area (Å²) in [7, 11) is 0. The number of nitrogens with one attached hydrogen (secondary N) is 1. The van der Waals surface area contributed by atoms with Crippen LogP contribution in [0.15, 0.2) is 72.8 Å². The van der Waals surface area contributed by atoms with Crippen molar-refractivity contribution in [3.05, 3.63) is 99.6 Å². The van der Waals surface area contributed by atoms with Crippen LogP contribution in [0.1, 0.15) is 26.3 Å². The van der Waals surface area contributed by atoms with Crippen LogP contribution >= 0.6 is 0 Å². The summed E-state index contributed by atoms with van der Waals surface area (Å²) in [5.74, 6) is -0.811. The maximum absolute atomic E-state index is 12.6. The number of carbonyl (C=O) groups is 2. The van der Waals surface area contributed by atoms with Crippen LogP contribution in [0.3, 0.4) is 0 Å². The summed E-state index contributed by atoms with van der Waals surface area (Å²) in [6.45, 7) is 1.61. The van der Waals surface area contributed by atoms with Crippen molar-refractivity contribution >= 4 is 23.3 Å². The van der Waals surface area contributed by atoms with Gasteiger partial charge in [-0.2, -0.15) is 0 Å². The molecule has 140 valence electrons. The Morgan fingerprint density at radius 3 is 2.32 bits per heavy atom. The molecule has 7 heteroatoms. The standard InChI is InChI=1S/C21H16N2O5/c1-14-13-16(23(26)27)11-12-17(14)20(24)22-18-9-5-6-10-19(18)28-21(25)15-7-3-2-4-8-15/h2-13H,1H3,(H,22,24). The molecule has 7 nitrogen and oxygen atoms in total. The second kappa shape index (κ2) is 8.13. The Bertz CT molecular complexity index is 1050. The predicted octanol–water partition coefficient (Wildman–Crippen LogP) is 4.37. The van der Waals surface area contributed by atoms with E-state index in [0.29, 0.717) is 16.8 Å². The lowest BCUT2D eigenvalue weighted by atomic mass is 10.1. The number of amides is 1. The van der Waals surface area contributed by atoms with Crippen molar-refractivity contribution in [2.24, 2.45) is 0 Å². The molecule has 0 aromatic heterocycles. The molecule has 0 bridgehead atoms. The molecule has 0 heterocycles. The Hall–Kier alpha value is -4.00. The maximum Gasteiger partial charge on any atom is 0.343 e. The van der Waals surface area contributed by atoms with Gasteiger partial charge in [0.1, 0.15) is 0 Å². The monoisotopic (exact) mass is 376 g/mol. The van der Waals surface area contributed by atoms with E-state index < -0.39 is 16.8 Å². The Morgan fingerprint density at radius 2 is 1.64 bits per heavy atom. The van der Waals surface area contributed by atoms with E-state index in [1.54, 1.807) is 61.5 Å². The first-order chi connectivity index (χ1) is 13.5. The first-order valence-electron chi connectivity index (χ1n) is 8.38.